The van der Waals surface area contributed by atoms with Crippen LogP contribution in [0.15, 0.2) is 41.4 Å². The Kier molecular flexibility index (Phi) is 3.90. The molecule has 0 aliphatic heterocycles. The summed E-state index contributed by atoms with van der Waals surface area (Å²) in [6, 6.07) is 8.65. The van der Waals surface area contributed by atoms with E-state index in [0.29, 0.717) is 5.52 Å². The SMILES string of the molecule is O=S(=O)(CNCCO)c1cccc2cccnc12. The highest BCUT2D eigenvalue weighted by Crippen LogP contribution is 2.21. The summed E-state index contributed by atoms with van der Waals surface area (Å²) in [6.45, 7) is 0.154. The second-order valence-corrected chi connectivity index (χ2v) is 5.77. The molecule has 2 rings (SSSR count). The summed E-state index contributed by atoms with van der Waals surface area (Å²) in [5.74, 6) is -0.205. The van der Waals surface area contributed by atoms with Crippen LogP contribution < -0.4 is 5.32 Å². The van der Waals surface area contributed by atoms with E-state index in [1.165, 1.54) is 0 Å². The van der Waals surface area contributed by atoms with Gasteiger partial charge in [0.25, 0.3) is 0 Å². The summed E-state index contributed by atoms with van der Waals surface area (Å²) in [5, 5.41) is 12.1. The van der Waals surface area contributed by atoms with Crippen LogP contribution >= 0.6 is 0 Å². The third kappa shape index (κ3) is 2.66. The zero-order valence-corrected chi connectivity index (χ0v) is 10.5. The van der Waals surface area contributed by atoms with E-state index in [1.54, 1.807) is 24.4 Å². The predicted molar refractivity (Wildman–Crippen MR) is 68.9 cm³/mol. The maximum Gasteiger partial charge on any atom is 0.193 e. The Labute approximate surface area is 105 Å². The number of fused-ring (bicyclic) bond motifs is 1. The smallest absolute Gasteiger partial charge is 0.193 e. The number of aliphatic hydroxyl groups excluding tert-OH is 1. The van der Waals surface area contributed by atoms with Crippen LogP contribution in [0.4, 0.5) is 0 Å². The van der Waals surface area contributed by atoms with E-state index in [-0.39, 0.29) is 23.9 Å². The maximum absolute atomic E-state index is 12.1. The lowest BCUT2D eigenvalue weighted by molar-refractivity contribution is 0.295. The van der Waals surface area contributed by atoms with Crippen LogP contribution in [-0.4, -0.2) is 37.5 Å². The highest BCUT2D eigenvalue weighted by Gasteiger charge is 2.17. The first-order valence-corrected chi connectivity index (χ1v) is 7.18. The average Bonchev–Trinajstić information content (AvgIpc) is 2.38. The van der Waals surface area contributed by atoms with E-state index in [2.05, 4.69) is 10.3 Å². The van der Waals surface area contributed by atoms with Crippen LogP contribution in [0.5, 0.6) is 0 Å². The first-order chi connectivity index (χ1) is 8.65. The third-order valence-electron chi connectivity index (χ3n) is 2.51. The molecular formula is C12H14N2O3S. The van der Waals surface area contributed by atoms with Crippen molar-refractivity contribution in [3.8, 4) is 0 Å². The number of benzene rings is 1. The second-order valence-electron chi connectivity index (χ2n) is 3.81. The minimum atomic E-state index is -3.44. The number of sulfone groups is 1. The molecule has 6 heteroatoms. The molecule has 0 amide bonds. The quantitative estimate of drug-likeness (QED) is 0.773. The van der Waals surface area contributed by atoms with Crippen LogP contribution in [0, 0.1) is 0 Å². The van der Waals surface area contributed by atoms with Crippen molar-refractivity contribution in [1.82, 2.24) is 10.3 Å². The molecule has 0 aliphatic rings. The molecule has 96 valence electrons. The monoisotopic (exact) mass is 266 g/mol. The van der Waals surface area contributed by atoms with Crippen molar-refractivity contribution in [1.29, 1.82) is 0 Å². The van der Waals surface area contributed by atoms with Gasteiger partial charge in [-0.3, -0.25) is 4.98 Å². The molecule has 18 heavy (non-hydrogen) atoms. The van der Waals surface area contributed by atoms with Crippen LogP contribution in [0.2, 0.25) is 0 Å². The fraction of sp³-hybridized carbons (Fsp3) is 0.250. The van der Waals surface area contributed by atoms with Crippen molar-refractivity contribution in [3.63, 3.8) is 0 Å². The number of hydrogen-bond donors (Lipinski definition) is 2. The van der Waals surface area contributed by atoms with Gasteiger partial charge in [0.1, 0.15) is 5.88 Å². The van der Waals surface area contributed by atoms with Crippen molar-refractivity contribution in [2.75, 3.05) is 19.0 Å². The van der Waals surface area contributed by atoms with E-state index in [4.69, 9.17) is 5.11 Å². The van der Waals surface area contributed by atoms with Gasteiger partial charge in [-0.25, -0.2) is 8.42 Å². The molecule has 0 saturated heterocycles. The summed E-state index contributed by atoms with van der Waals surface area (Å²) >= 11 is 0. The number of nitrogens with one attached hydrogen (secondary N) is 1. The van der Waals surface area contributed by atoms with Crippen molar-refractivity contribution >= 4 is 20.7 Å². The standard InChI is InChI=1S/C12H14N2O3S/c15-8-7-13-9-18(16,17)11-5-1-3-10-4-2-6-14-12(10)11/h1-6,13,15H,7-9H2. The Morgan fingerprint density at radius 2 is 2.00 bits per heavy atom. The summed E-state index contributed by atoms with van der Waals surface area (Å²) < 4.78 is 24.3. The van der Waals surface area contributed by atoms with Crippen molar-refractivity contribution in [2.45, 2.75) is 4.90 Å². The number of para-hydroxylation sites is 1. The summed E-state index contributed by atoms with van der Waals surface area (Å²) in [6.07, 6.45) is 1.57. The molecule has 1 aromatic heterocycles. The molecule has 0 unspecified atom stereocenters. The molecule has 0 atom stereocenters. The number of rotatable bonds is 5. The van der Waals surface area contributed by atoms with Gasteiger partial charge in [0, 0.05) is 18.1 Å². The van der Waals surface area contributed by atoms with Crippen molar-refractivity contribution in [2.24, 2.45) is 0 Å². The van der Waals surface area contributed by atoms with Gasteiger partial charge in [-0.2, -0.15) is 0 Å². The zero-order valence-electron chi connectivity index (χ0n) is 9.70. The van der Waals surface area contributed by atoms with Gasteiger partial charge in [-0.15, -0.1) is 0 Å². The number of aromatic nitrogens is 1. The van der Waals surface area contributed by atoms with Gasteiger partial charge in [0.05, 0.1) is 17.0 Å². The normalized spacial score (nSPS) is 11.8. The Morgan fingerprint density at radius 1 is 1.22 bits per heavy atom. The highest BCUT2D eigenvalue weighted by molar-refractivity contribution is 7.91. The molecule has 0 aliphatic carbocycles. The van der Waals surface area contributed by atoms with E-state index >= 15 is 0 Å². The predicted octanol–water partition coefficient (Wildman–Crippen LogP) is 0.548. The summed E-state index contributed by atoms with van der Waals surface area (Å²) in [4.78, 5) is 4.33. The molecule has 5 nitrogen and oxygen atoms in total. The molecular weight excluding hydrogens is 252 g/mol. The number of hydrogen-bond acceptors (Lipinski definition) is 5. The first kappa shape index (κ1) is 12.9. The minimum absolute atomic E-state index is 0.0939. The fourth-order valence-corrected chi connectivity index (χ4v) is 3.01. The van der Waals surface area contributed by atoms with Gasteiger partial charge < -0.3 is 10.4 Å². The molecule has 2 aromatic rings. The average molecular weight is 266 g/mol. The second kappa shape index (κ2) is 5.43. The topological polar surface area (TPSA) is 79.3 Å². The van der Waals surface area contributed by atoms with E-state index in [9.17, 15) is 8.42 Å². The minimum Gasteiger partial charge on any atom is -0.395 e. The van der Waals surface area contributed by atoms with E-state index in [1.807, 2.05) is 12.1 Å². The largest absolute Gasteiger partial charge is 0.395 e. The maximum atomic E-state index is 12.1. The van der Waals surface area contributed by atoms with Gasteiger partial charge >= 0.3 is 0 Å². The lowest BCUT2D eigenvalue weighted by atomic mass is 10.2. The fourth-order valence-electron chi connectivity index (χ4n) is 1.69. The highest BCUT2D eigenvalue weighted by atomic mass is 32.2. The molecule has 2 N–H and O–H groups in total. The molecule has 0 saturated carbocycles. The van der Waals surface area contributed by atoms with E-state index < -0.39 is 9.84 Å². The Balaban J connectivity index is 2.41. The van der Waals surface area contributed by atoms with Crippen LogP contribution in [0.1, 0.15) is 0 Å². The molecule has 0 bridgehead atoms. The Bertz CT molecular complexity index is 635. The molecule has 0 spiro atoms. The van der Waals surface area contributed by atoms with Gasteiger partial charge in [-0.05, 0) is 12.1 Å². The van der Waals surface area contributed by atoms with Crippen LogP contribution in [0.3, 0.4) is 0 Å². The zero-order chi connectivity index (χ0) is 13.0. The molecule has 1 heterocycles. The van der Waals surface area contributed by atoms with Crippen LogP contribution in [0.25, 0.3) is 10.9 Å². The van der Waals surface area contributed by atoms with E-state index in [0.717, 1.165) is 5.39 Å². The lowest BCUT2D eigenvalue weighted by Crippen LogP contribution is -2.26. The molecule has 1 aromatic carbocycles. The van der Waals surface area contributed by atoms with Gasteiger partial charge in [0.2, 0.25) is 0 Å². The summed E-state index contributed by atoms with van der Waals surface area (Å²) in [5.41, 5.74) is 0.478. The number of nitrogens with zero attached hydrogens (tertiary/aromatic N) is 1. The Morgan fingerprint density at radius 3 is 2.78 bits per heavy atom. The first-order valence-electron chi connectivity index (χ1n) is 5.53. The summed E-state index contributed by atoms with van der Waals surface area (Å²) in [7, 11) is -3.44. The molecule has 0 radical (unpaired) electrons. The Hall–Kier alpha value is -1.50. The third-order valence-corrected chi connectivity index (χ3v) is 4.10. The van der Waals surface area contributed by atoms with Gasteiger partial charge in [-0.1, -0.05) is 18.2 Å². The number of pyridine rings is 1. The van der Waals surface area contributed by atoms with Crippen molar-refractivity contribution < 1.29 is 13.5 Å². The van der Waals surface area contributed by atoms with Crippen LogP contribution in [-0.2, 0) is 9.84 Å². The van der Waals surface area contributed by atoms with Crippen molar-refractivity contribution in [3.05, 3.63) is 36.5 Å². The van der Waals surface area contributed by atoms with Gasteiger partial charge in [0.15, 0.2) is 9.84 Å². The molecule has 0 fully saturated rings. The number of aliphatic hydroxyl groups is 1. The lowest BCUT2D eigenvalue weighted by Gasteiger charge is -2.07.